The van der Waals surface area contributed by atoms with Crippen LogP contribution in [0.2, 0.25) is 0 Å². The van der Waals surface area contributed by atoms with Crippen LogP contribution in [-0.2, 0) is 51.7 Å². The molecule has 0 radical (unpaired) electrons. The molecule has 0 aliphatic carbocycles. The van der Waals surface area contributed by atoms with E-state index in [9.17, 15) is 32.4 Å². The first-order chi connectivity index (χ1) is 28.3. The molecule has 4 rings (SSSR count). The molecule has 0 aliphatic heterocycles. The predicted octanol–water partition coefficient (Wildman–Crippen LogP) is 3.22. The fourth-order valence-electron chi connectivity index (χ4n) is 5.79. The van der Waals surface area contributed by atoms with Gasteiger partial charge in [0.25, 0.3) is 10.0 Å². The van der Waals surface area contributed by atoms with Crippen LogP contribution in [0.3, 0.4) is 0 Å². The lowest BCUT2D eigenvalue weighted by Crippen LogP contribution is -2.57. The maximum absolute atomic E-state index is 13.7. The number of aromatic nitrogens is 1. The van der Waals surface area contributed by atoms with E-state index in [1.807, 2.05) is 37.3 Å². The Balaban J connectivity index is 1.44. The number of nitrogens with one attached hydrogen (secondary N) is 6. The molecule has 0 fully saturated rings. The number of carbonyl (C=O) groups is 5. The van der Waals surface area contributed by atoms with Gasteiger partial charge in [-0.15, -0.1) is 0 Å². The maximum atomic E-state index is 13.7. The van der Waals surface area contributed by atoms with E-state index in [0.717, 1.165) is 27.6 Å². The number of aryl methyl sites for hydroxylation is 1. The smallest absolute Gasteiger partial charge is 0.408 e. The van der Waals surface area contributed by atoms with Crippen molar-refractivity contribution in [2.75, 3.05) is 6.54 Å². The summed E-state index contributed by atoms with van der Waals surface area (Å²) in [5.41, 5.74) is 8.21. The standard InChI is InChI=1S/C42H54N8O9S/c1-26-18-20-31(21-19-26)60(56,57)50-40(43)44-22-12-17-34(37(52)47-28(3)39(54)58-25-29-13-8-7-9-14-29)48-36(51)27(2)46-38(53)35(49-41(55)59-42(4,5)6)23-30-24-45-33-16-11-10-15-32(30)33/h7-11,13-16,18-21,24,27-28,34-35,45H,12,17,22-23,25H2,1-6H3,(H,46,53)(H,47,52)(H,48,51)(H,49,55)(H3,43,44,50)/t27-,28-,34+,35+/m1/s1. The molecule has 60 heavy (non-hydrogen) atoms. The van der Waals surface area contributed by atoms with E-state index < -0.39 is 69.6 Å². The average Bonchev–Trinajstić information content (AvgIpc) is 3.59. The highest BCUT2D eigenvalue weighted by Gasteiger charge is 2.30. The highest BCUT2D eigenvalue weighted by molar-refractivity contribution is 7.90. The molecule has 0 aliphatic rings. The first-order valence-electron chi connectivity index (χ1n) is 19.4. The number of alkyl carbamates (subject to hydrolysis) is 1. The van der Waals surface area contributed by atoms with Gasteiger partial charge < -0.3 is 41.5 Å². The second kappa shape index (κ2) is 21.0. The number of nitrogens with two attached hydrogens (primary N) is 1. The van der Waals surface area contributed by atoms with Crippen molar-refractivity contribution in [3.05, 3.63) is 102 Å². The number of carbonyl (C=O) groups excluding carboxylic acids is 5. The van der Waals surface area contributed by atoms with E-state index in [0.29, 0.717) is 0 Å². The highest BCUT2D eigenvalue weighted by Crippen LogP contribution is 2.20. The van der Waals surface area contributed by atoms with E-state index in [1.54, 1.807) is 63.4 Å². The Hall–Kier alpha value is -6.43. The summed E-state index contributed by atoms with van der Waals surface area (Å²) in [6.45, 7) is 9.65. The Kier molecular flexibility index (Phi) is 16.2. The summed E-state index contributed by atoms with van der Waals surface area (Å²) < 4.78 is 38.5. The van der Waals surface area contributed by atoms with E-state index in [1.165, 1.54) is 26.0 Å². The molecule has 1 aromatic heterocycles. The van der Waals surface area contributed by atoms with Crippen LogP contribution in [0.5, 0.6) is 0 Å². The summed E-state index contributed by atoms with van der Waals surface area (Å²) in [5, 5.41) is 11.3. The number of rotatable bonds is 18. The number of sulfonamides is 1. The van der Waals surface area contributed by atoms with E-state index in [-0.39, 0.29) is 43.3 Å². The first kappa shape index (κ1) is 46.3. The molecular weight excluding hydrogens is 793 g/mol. The molecule has 4 amide bonds. The summed E-state index contributed by atoms with van der Waals surface area (Å²) in [4.78, 5) is 73.8. The van der Waals surface area contributed by atoms with Crippen LogP contribution in [0.1, 0.15) is 64.2 Å². The van der Waals surface area contributed by atoms with Crippen LogP contribution in [0.25, 0.3) is 10.9 Å². The van der Waals surface area contributed by atoms with Gasteiger partial charge in [-0.2, -0.15) is 0 Å². The minimum absolute atomic E-state index is 0.00627. The molecule has 1 heterocycles. The molecule has 0 unspecified atom stereocenters. The second-order valence-electron chi connectivity index (χ2n) is 15.2. The predicted molar refractivity (Wildman–Crippen MR) is 226 cm³/mol. The van der Waals surface area contributed by atoms with Gasteiger partial charge in [-0.1, -0.05) is 66.2 Å². The minimum atomic E-state index is -4.01. The maximum Gasteiger partial charge on any atom is 0.408 e. The van der Waals surface area contributed by atoms with Gasteiger partial charge in [-0.3, -0.25) is 19.4 Å². The highest BCUT2D eigenvalue weighted by atomic mass is 32.2. The molecule has 322 valence electrons. The van der Waals surface area contributed by atoms with Gasteiger partial charge in [0.2, 0.25) is 23.7 Å². The van der Waals surface area contributed by atoms with E-state index >= 15 is 0 Å². The van der Waals surface area contributed by atoms with E-state index in [2.05, 4.69) is 36.0 Å². The number of hydrogen-bond acceptors (Lipinski definition) is 10. The van der Waals surface area contributed by atoms with Crippen LogP contribution in [0.15, 0.2) is 94.9 Å². The Morgan fingerprint density at radius 2 is 1.43 bits per heavy atom. The topological polar surface area (TPSA) is 252 Å². The number of nitrogens with zero attached hydrogens (tertiary/aromatic N) is 1. The lowest BCUT2D eigenvalue weighted by molar-refractivity contribution is -0.148. The minimum Gasteiger partial charge on any atom is -0.459 e. The van der Waals surface area contributed by atoms with Crippen molar-refractivity contribution in [3.8, 4) is 0 Å². The van der Waals surface area contributed by atoms with Crippen molar-refractivity contribution in [1.82, 2.24) is 31.0 Å². The molecule has 18 heteroatoms. The van der Waals surface area contributed by atoms with E-state index in [4.69, 9.17) is 15.2 Å². The summed E-state index contributed by atoms with van der Waals surface area (Å²) in [6, 6.07) is 17.8. The van der Waals surface area contributed by atoms with Crippen molar-refractivity contribution >= 4 is 56.7 Å². The number of aromatic amines is 1. The molecule has 3 aromatic carbocycles. The van der Waals surface area contributed by atoms with Crippen LogP contribution in [0, 0.1) is 6.92 Å². The number of H-pyrrole nitrogens is 1. The number of amides is 4. The number of aliphatic imine (C=N–C) groups is 1. The normalized spacial score (nSPS) is 13.9. The summed E-state index contributed by atoms with van der Waals surface area (Å²) in [6.07, 6.45) is 1.05. The third kappa shape index (κ3) is 14.4. The van der Waals surface area contributed by atoms with Crippen molar-refractivity contribution in [2.45, 2.75) is 102 Å². The Morgan fingerprint density at radius 1 is 0.800 bits per heavy atom. The van der Waals surface area contributed by atoms with Crippen LogP contribution < -0.4 is 31.7 Å². The summed E-state index contributed by atoms with van der Waals surface area (Å²) in [7, 11) is -4.01. The lowest BCUT2D eigenvalue weighted by atomic mass is 10.0. The number of esters is 1. The summed E-state index contributed by atoms with van der Waals surface area (Å²) >= 11 is 0. The number of benzene rings is 3. The Morgan fingerprint density at radius 3 is 2.12 bits per heavy atom. The molecule has 8 N–H and O–H groups in total. The fourth-order valence-corrected chi connectivity index (χ4v) is 6.74. The van der Waals surface area contributed by atoms with Crippen molar-refractivity contribution in [2.24, 2.45) is 10.7 Å². The Labute approximate surface area is 349 Å². The van der Waals surface area contributed by atoms with Gasteiger partial charge in [0.1, 0.15) is 36.4 Å². The largest absolute Gasteiger partial charge is 0.459 e. The number of para-hydroxylation sites is 1. The van der Waals surface area contributed by atoms with Gasteiger partial charge in [0.05, 0.1) is 4.90 Å². The molecular formula is C42H54N8O9S. The third-order valence-electron chi connectivity index (χ3n) is 8.93. The third-order valence-corrected chi connectivity index (χ3v) is 10.3. The lowest BCUT2D eigenvalue weighted by Gasteiger charge is -2.25. The van der Waals surface area contributed by atoms with Gasteiger partial charge in [0, 0.05) is 30.1 Å². The molecule has 0 saturated carbocycles. The van der Waals surface area contributed by atoms with Gasteiger partial charge in [-0.05, 0) is 83.7 Å². The van der Waals surface area contributed by atoms with Crippen LogP contribution in [-0.4, -0.2) is 85.5 Å². The van der Waals surface area contributed by atoms with Crippen LogP contribution >= 0.6 is 0 Å². The van der Waals surface area contributed by atoms with Crippen LogP contribution in [0.4, 0.5) is 4.79 Å². The molecule has 4 aromatic rings. The molecule has 4 atom stereocenters. The average molecular weight is 847 g/mol. The number of hydrogen-bond donors (Lipinski definition) is 7. The monoisotopic (exact) mass is 846 g/mol. The zero-order valence-electron chi connectivity index (χ0n) is 34.5. The van der Waals surface area contributed by atoms with Crippen molar-refractivity contribution in [3.63, 3.8) is 0 Å². The molecule has 17 nitrogen and oxygen atoms in total. The van der Waals surface area contributed by atoms with Gasteiger partial charge >= 0.3 is 12.1 Å². The molecule has 0 saturated heterocycles. The van der Waals surface area contributed by atoms with Gasteiger partial charge in [-0.25, -0.2) is 22.7 Å². The van der Waals surface area contributed by atoms with Crippen molar-refractivity contribution < 1.29 is 41.9 Å². The zero-order chi connectivity index (χ0) is 44.0. The quantitative estimate of drug-likeness (QED) is 0.0333. The number of fused-ring (bicyclic) bond motifs is 1. The number of ether oxygens (including phenoxy) is 2. The first-order valence-corrected chi connectivity index (χ1v) is 20.8. The van der Waals surface area contributed by atoms with Crippen molar-refractivity contribution in [1.29, 1.82) is 0 Å². The summed E-state index contributed by atoms with van der Waals surface area (Å²) in [5.74, 6) is -3.27. The molecule has 0 spiro atoms. The molecule has 0 bridgehead atoms. The fraction of sp³-hybridized carbons (Fsp3) is 0.381. The second-order valence-corrected chi connectivity index (χ2v) is 16.9. The van der Waals surface area contributed by atoms with Gasteiger partial charge in [0.15, 0.2) is 0 Å². The number of guanidine groups is 1. The Bertz CT molecular complexity index is 2260. The SMILES string of the molecule is Cc1ccc(S(=O)(=O)NC(N)=NCCC[C@H](NC(=O)[C@@H](C)NC(=O)[C@H](Cc2c[nH]c3ccccc23)NC(=O)OC(C)(C)C)C(=O)N[C@H](C)C(=O)OCc2ccccc2)cc1. The zero-order valence-corrected chi connectivity index (χ0v) is 35.4.